The lowest BCUT2D eigenvalue weighted by molar-refractivity contribution is -0.384. The first-order valence-electron chi connectivity index (χ1n) is 5.75. The molecule has 0 aliphatic heterocycles. The number of non-ortho nitro benzene ring substituents is 1. The Kier molecular flexibility index (Phi) is 5.15. The number of nitrogens with one attached hydrogen (secondary N) is 1. The number of aliphatic carboxylic acids is 1. The summed E-state index contributed by atoms with van der Waals surface area (Å²) in [6, 6.07) is 2.55. The minimum Gasteiger partial charge on any atom is -0.480 e. The molecule has 20 heavy (non-hydrogen) atoms. The first-order valence-corrected chi connectivity index (χ1v) is 5.75. The molecule has 0 spiro atoms. The number of hydrogen-bond acceptors (Lipinski definition) is 5. The van der Waals surface area contributed by atoms with Crippen LogP contribution in [0.15, 0.2) is 18.2 Å². The van der Waals surface area contributed by atoms with Gasteiger partial charge in [-0.1, -0.05) is 0 Å². The lowest BCUT2D eigenvalue weighted by Crippen LogP contribution is -2.41. The molecule has 1 aromatic rings. The van der Waals surface area contributed by atoms with Crippen molar-refractivity contribution < 1.29 is 24.7 Å². The number of hydrogen-bond donors (Lipinski definition) is 3. The van der Waals surface area contributed by atoms with Crippen LogP contribution in [0, 0.1) is 17.0 Å². The van der Waals surface area contributed by atoms with E-state index < -0.39 is 29.4 Å². The van der Waals surface area contributed by atoms with Gasteiger partial charge in [0.15, 0.2) is 0 Å². The van der Waals surface area contributed by atoms with Crippen molar-refractivity contribution >= 4 is 17.6 Å². The Morgan fingerprint density at radius 2 is 2.05 bits per heavy atom. The van der Waals surface area contributed by atoms with Crippen LogP contribution in [0.4, 0.5) is 5.69 Å². The zero-order valence-corrected chi connectivity index (χ0v) is 10.7. The highest BCUT2D eigenvalue weighted by molar-refractivity contribution is 5.97. The van der Waals surface area contributed by atoms with Gasteiger partial charge >= 0.3 is 5.97 Å². The van der Waals surface area contributed by atoms with Crippen molar-refractivity contribution in [2.24, 2.45) is 0 Å². The number of nitrogens with zero attached hydrogens (tertiary/aromatic N) is 1. The highest BCUT2D eigenvalue weighted by Crippen LogP contribution is 2.16. The number of amides is 1. The van der Waals surface area contributed by atoms with Crippen molar-refractivity contribution in [1.29, 1.82) is 0 Å². The topological polar surface area (TPSA) is 130 Å². The number of nitro groups is 1. The number of aliphatic hydroxyl groups is 1. The highest BCUT2D eigenvalue weighted by atomic mass is 16.6. The fourth-order valence-electron chi connectivity index (χ4n) is 1.63. The van der Waals surface area contributed by atoms with Gasteiger partial charge < -0.3 is 15.5 Å². The van der Waals surface area contributed by atoms with Gasteiger partial charge in [-0.25, -0.2) is 4.79 Å². The quantitative estimate of drug-likeness (QED) is 0.513. The Balaban J connectivity index is 2.97. The van der Waals surface area contributed by atoms with E-state index in [4.69, 9.17) is 10.2 Å². The molecule has 0 radical (unpaired) electrons. The van der Waals surface area contributed by atoms with E-state index >= 15 is 0 Å². The lowest BCUT2D eigenvalue weighted by atomic mass is 10.1. The van der Waals surface area contributed by atoms with Crippen LogP contribution < -0.4 is 5.32 Å². The van der Waals surface area contributed by atoms with Crippen molar-refractivity contribution in [3.8, 4) is 0 Å². The third-order valence-electron chi connectivity index (χ3n) is 2.56. The molecule has 0 fully saturated rings. The van der Waals surface area contributed by atoms with Crippen molar-refractivity contribution in [3.05, 3.63) is 39.4 Å². The van der Waals surface area contributed by atoms with Crippen LogP contribution in [0.5, 0.6) is 0 Å². The molecule has 8 heteroatoms. The molecule has 1 rings (SSSR count). The van der Waals surface area contributed by atoms with Gasteiger partial charge in [0.25, 0.3) is 11.6 Å². The molecule has 0 heterocycles. The number of benzene rings is 1. The average molecular weight is 282 g/mol. The zero-order valence-electron chi connectivity index (χ0n) is 10.7. The van der Waals surface area contributed by atoms with E-state index in [-0.39, 0.29) is 17.7 Å². The first kappa shape index (κ1) is 15.6. The SMILES string of the molecule is Cc1cc(C(=O)NC(CCO)C(=O)O)cc([N+](=O)[O-])c1. The summed E-state index contributed by atoms with van der Waals surface area (Å²) in [6.07, 6.45) is -0.144. The van der Waals surface area contributed by atoms with Crippen LogP contribution in [0.2, 0.25) is 0 Å². The second-order valence-corrected chi connectivity index (χ2v) is 4.19. The van der Waals surface area contributed by atoms with Gasteiger partial charge in [-0.3, -0.25) is 14.9 Å². The van der Waals surface area contributed by atoms with Gasteiger partial charge in [0, 0.05) is 30.7 Å². The van der Waals surface area contributed by atoms with Crippen LogP contribution in [-0.2, 0) is 4.79 Å². The number of carbonyl (C=O) groups excluding carboxylic acids is 1. The molecule has 0 aromatic heterocycles. The minimum absolute atomic E-state index is 0.000824. The molecule has 0 saturated carbocycles. The summed E-state index contributed by atoms with van der Waals surface area (Å²) in [6.45, 7) is 1.19. The van der Waals surface area contributed by atoms with Crippen molar-refractivity contribution in [2.75, 3.05) is 6.61 Å². The average Bonchev–Trinajstić information content (AvgIpc) is 2.37. The third kappa shape index (κ3) is 4.02. The van der Waals surface area contributed by atoms with Gasteiger partial charge in [0.05, 0.1) is 4.92 Å². The smallest absolute Gasteiger partial charge is 0.326 e. The molecule has 0 aliphatic carbocycles. The number of rotatable bonds is 6. The first-order chi connectivity index (χ1) is 9.35. The van der Waals surface area contributed by atoms with Crippen molar-refractivity contribution in [2.45, 2.75) is 19.4 Å². The number of carboxylic acids is 1. The summed E-state index contributed by atoms with van der Waals surface area (Å²) in [7, 11) is 0. The second kappa shape index (κ2) is 6.62. The molecule has 1 unspecified atom stereocenters. The van der Waals surface area contributed by atoms with Gasteiger partial charge in [-0.2, -0.15) is 0 Å². The lowest BCUT2D eigenvalue weighted by Gasteiger charge is -2.13. The van der Waals surface area contributed by atoms with Gasteiger partial charge in [0.2, 0.25) is 0 Å². The number of aryl methyl sites for hydroxylation is 1. The Labute approximate surface area is 114 Å². The molecular formula is C12H14N2O6. The summed E-state index contributed by atoms with van der Waals surface area (Å²) in [5, 5.41) is 30.5. The molecule has 0 bridgehead atoms. The monoisotopic (exact) mass is 282 g/mol. The van der Waals surface area contributed by atoms with Crippen LogP contribution in [0.3, 0.4) is 0 Å². The summed E-state index contributed by atoms with van der Waals surface area (Å²) in [4.78, 5) is 32.8. The van der Waals surface area contributed by atoms with E-state index in [2.05, 4.69) is 5.32 Å². The molecule has 1 amide bonds. The molecule has 0 aliphatic rings. The standard InChI is InChI=1S/C12H14N2O6/c1-7-4-8(6-9(5-7)14(19)20)11(16)13-10(2-3-15)12(17)18/h4-6,10,15H,2-3H2,1H3,(H,13,16)(H,17,18). The number of carbonyl (C=O) groups is 2. The minimum atomic E-state index is -1.28. The van der Waals surface area contributed by atoms with E-state index in [1.807, 2.05) is 0 Å². The molecule has 3 N–H and O–H groups in total. The van der Waals surface area contributed by atoms with E-state index in [0.717, 1.165) is 6.07 Å². The maximum absolute atomic E-state index is 11.9. The molecule has 108 valence electrons. The maximum Gasteiger partial charge on any atom is 0.326 e. The summed E-state index contributed by atoms with van der Waals surface area (Å²) in [5.41, 5.74) is 0.267. The van der Waals surface area contributed by atoms with Gasteiger partial charge in [-0.05, 0) is 18.6 Å². The van der Waals surface area contributed by atoms with E-state index in [9.17, 15) is 19.7 Å². The van der Waals surface area contributed by atoms with E-state index in [1.54, 1.807) is 6.92 Å². The van der Waals surface area contributed by atoms with Crippen LogP contribution in [0.25, 0.3) is 0 Å². The molecule has 0 saturated heterocycles. The zero-order chi connectivity index (χ0) is 15.3. The van der Waals surface area contributed by atoms with Crippen LogP contribution >= 0.6 is 0 Å². The Bertz CT molecular complexity index is 543. The number of aliphatic hydroxyl groups excluding tert-OH is 1. The summed E-state index contributed by atoms with van der Waals surface area (Å²) < 4.78 is 0. The highest BCUT2D eigenvalue weighted by Gasteiger charge is 2.21. The maximum atomic E-state index is 11.9. The van der Waals surface area contributed by atoms with Gasteiger partial charge in [-0.15, -0.1) is 0 Å². The van der Waals surface area contributed by atoms with Gasteiger partial charge in [0.1, 0.15) is 6.04 Å². The Morgan fingerprint density at radius 3 is 2.55 bits per heavy atom. The predicted molar refractivity (Wildman–Crippen MR) is 68.4 cm³/mol. The van der Waals surface area contributed by atoms with Crippen molar-refractivity contribution in [1.82, 2.24) is 5.32 Å². The van der Waals surface area contributed by atoms with Crippen molar-refractivity contribution in [3.63, 3.8) is 0 Å². The normalized spacial score (nSPS) is 11.7. The molecule has 1 aromatic carbocycles. The summed E-state index contributed by atoms with van der Waals surface area (Å²) in [5.74, 6) is -2.02. The fraction of sp³-hybridized carbons (Fsp3) is 0.333. The van der Waals surface area contributed by atoms with Crippen LogP contribution in [-0.4, -0.2) is 39.7 Å². The third-order valence-corrected chi connectivity index (χ3v) is 2.56. The molecular weight excluding hydrogens is 268 g/mol. The number of nitro benzene ring substituents is 1. The Morgan fingerprint density at radius 1 is 1.40 bits per heavy atom. The Hall–Kier alpha value is -2.48. The van der Waals surface area contributed by atoms with Crippen LogP contribution in [0.1, 0.15) is 22.3 Å². The fourth-order valence-corrected chi connectivity index (χ4v) is 1.63. The number of carboxylic acid groups (broad SMARTS) is 1. The molecule has 1 atom stereocenters. The largest absolute Gasteiger partial charge is 0.480 e. The molecule has 8 nitrogen and oxygen atoms in total. The predicted octanol–water partition coefficient (Wildman–Crippen LogP) is 0.469. The summed E-state index contributed by atoms with van der Waals surface area (Å²) >= 11 is 0. The van der Waals surface area contributed by atoms with E-state index in [1.165, 1.54) is 12.1 Å². The second-order valence-electron chi connectivity index (χ2n) is 4.19. The van der Waals surface area contributed by atoms with E-state index in [0.29, 0.717) is 5.56 Å².